The second-order valence-electron chi connectivity index (χ2n) is 8.12. The van der Waals surface area contributed by atoms with Gasteiger partial charge in [0.25, 0.3) is 11.8 Å². The Balaban J connectivity index is 1.68. The van der Waals surface area contributed by atoms with Crippen molar-refractivity contribution >= 4 is 68.8 Å². The van der Waals surface area contributed by atoms with Crippen LogP contribution in [0, 0.1) is 5.92 Å². The smallest absolute Gasteiger partial charge is 0.262 e. The molecule has 0 fully saturated rings. The van der Waals surface area contributed by atoms with Crippen LogP contribution in [-0.2, 0) is 11.4 Å². The monoisotopic (exact) mass is 609 g/mol. The number of benzene rings is 3. The van der Waals surface area contributed by atoms with Crippen molar-refractivity contribution in [1.82, 2.24) is 10.7 Å². The fourth-order valence-electron chi connectivity index (χ4n) is 3.15. The van der Waals surface area contributed by atoms with E-state index in [0.717, 1.165) is 10.0 Å². The predicted molar refractivity (Wildman–Crippen MR) is 148 cm³/mol. The number of hydrogen-bond donors (Lipinski definition) is 2. The van der Waals surface area contributed by atoms with Crippen LogP contribution in [0.2, 0.25) is 15.1 Å². The summed E-state index contributed by atoms with van der Waals surface area (Å²) in [7, 11) is 0. The van der Waals surface area contributed by atoms with Crippen LogP contribution in [-0.4, -0.2) is 24.1 Å². The summed E-state index contributed by atoms with van der Waals surface area (Å²) in [5.74, 6) is -0.561. The van der Waals surface area contributed by atoms with Gasteiger partial charge in [-0.15, -0.1) is 0 Å². The van der Waals surface area contributed by atoms with E-state index in [9.17, 15) is 9.59 Å². The summed E-state index contributed by atoms with van der Waals surface area (Å²) in [6.45, 7) is 3.90. The molecule has 0 spiro atoms. The highest BCUT2D eigenvalue weighted by molar-refractivity contribution is 9.10. The van der Waals surface area contributed by atoms with Crippen molar-refractivity contribution in [3.63, 3.8) is 0 Å². The average Bonchev–Trinajstić information content (AvgIpc) is 2.84. The molecule has 0 aromatic heterocycles. The number of rotatable bonds is 9. The Kier molecular flexibility index (Phi) is 10.2. The molecule has 3 aromatic carbocycles. The van der Waals surface area contributed by atoms with Gasteiger partial charge in [0.1, 0.15) is 18.4 Å². The fraction of sp³-hybridized carbons (Fsp3) is 0.192. The minimum Gasteiger partial charge on any atom is -0.488 e. The van der Waals surface area contributed by atoms with E-state index in [1.165, 1.54) is 24.4 Å². The molecule has 2 amide bonds. The SMILES string of the molecule is CC(C)C(NC(=O)c1ccc(Cl)c(Cl)c1)C(=O)NN=Cc1cc(Br)ccc1OCc1ccccc1Cl. The van der Waals surface area contributed by atoms with Crippen LogP contribution in [0.1, 0.15) is 35.3 Å². The largest absolute Gasteiger partial charge is 0.488 e. The van der Waals surface area contributed by atoms with E-state index in [1.54, 1.807) is 12.1 Å². The molecule has 0 aliphatic carbocycles. The van der Waals surface area contributed by atoms with Gasteiger partial charge >= 0.3 is 0 Å². The highest BCUT2D eigenvalue weighted by atomic mass is 79.9. The molecule has 10 heteroatoms. The first-order valence-electron chi connectivity index (χ1n) is 10.9. The predicted octanol–water partition coefficient (Wildman–Crippen LogP) is 6.89. The maximum absolute atomic E-state index is 12.8. The van der Waals surface area contributed by atoms with Gasteiger partial charge in [0.05, 0.1) is 16.3 Å². The van der Waals surface area contributed by atoms with Gasteiger partial charge < -0.3 is 10.1 Å². The number of carbonyl (C=O) groups is 2. The number of nitrogens with zero attached hydrogens (tertiary/aromatic N) is 1. The molecule has 0 heterocycles. The lowest BCUT2D eigenvalue weighted by atomic mass is 10.0. The van der Waals surface area contributed by atoms with E-state index in [4.69, 9.17) is 39.5 Å². The van der Waals surface area contributed by atoms with Crippen molar-refractivity contribution < 1.29 is 14.3 Å². The van der Waals surface area contributed by atoms with Crippen LogP contribution >= 0.6 is 50.7 Å². The summed E-state index contributed by atoms with van der Waals surface area (Å²) in [5.41, 5.74) is 4.27. The van der Waals surface area contributed by atoms with Crippen LogP contribution in [0.25, 0.3) is 0 Å². The van der Waals surface area contributed by atoms with E-state index in [0.29, 0.717) is 26.9 Å². The van der Waals surface area contributed by atoms with Crippen molar-refractivity contribution in [2.24, 2.45) is 11.0 Å². The van der Waals surface area contributed by atoms with Gasteiger partial charge in [0.2, 0.25) is 0 Å². The Bertz CT molecular complexity index is 1280. The molecule has 2 N–H and O–H groups in total. The second kappa shape index (κ2) is 13.1. The van der Waals surface area contributed by atoms with Gasteiger partial charge in [-0.05, 0) is 48.4 Å². The van der Waals surface area contributed by atoms with E-state index in [-0.39, 0.29) is 17.5 Å². The molecule has 3 aromatic rings. The average molecular weight is 612 g/mol. The normalized spacial score (nSPS) is 12.0. The fourth-order valence-corrected chi connectivity index (χ4v) is 4.02. The molecule has 0 saturated heterocycles. The molecule has 0 bridgehead atoms. The summed E-state index contributed by atoms with van der Waals surface area (Å²) >= 11 is 21.6. The van der Waals surface area contributed by atoms with Gasteiger partial charge in [-0.2, -0.15) is 5.10 Å². The van der Waals surface area contributed by atoms with Gasteiger partial charge in [-0.1, -0.05) is 82.8 Å². The maximum Gasteiger partial charge on any atom is 0.262 e. The van der Waals surface area contributed by atoms with Crippen molar-refractivity contribution in [2.45, 2.75) is 26.5 Å². The molecule has 0 aliphatic rings. The van der Waals surface area contributed by atoms with Crippen molar-refractivity contribution in [3.8, 4) is 5.75 Å². The minimum atomic E-state index is -0.831. The second-order valence-corrected chi connectivity index (χ2v) is 10.3. The van der Waals surface area contributed by atoms with Crippen molar-refractivity contribution in [1.29, 1.82) is 0 Å². The zero-order valence-electron chi connectivity index (χ0n) is 19.4. The summed E-state index contributed by atoms with van der Waals surface area (Å²) in [4.78, 5) is 25.5. The standard InChI is InChI=1S/C26H23BrCl3N3O3/c1-15(2)24(32-25(34)16-7-9-21(29)22(30)12-16)26(35)33-31-13-18-11-19(27)8-10-23(18)36-14-17-5-3-4-6-20(17)28/h3-13,15,24H,14H2,1-2H3,(H,32,34)(H,33,35). The topological polar surface area (TPSA) is 79.8 Å². The van der Waals surface area contributed by atoms with Gasteiger partial charge in [-0.3, -0.25) is 9.59 Å². The Morgan fingerprint density at radius 2 is 1.75 bits per heavy atom. The highest BCUT2D eigenvalue weighted by Gasteiger charge is 2.24. The highest BCUT2D eigenvalue weighted by Crippen LogP contribution is 2.25. The van der Waals surface area contributed by atoms with Crippen molar-refractivity contribution in [2.75, 3.05) is 0 Å². The molecular formula is C26H23BrCl3N3O3. The lowest BCUT2D eigenvalue weighted by Crippen LogP contribution is -2.48. The quantitative estimate of drug-likeness (QED) is 0.204. The van der Waals surface area contributed by atoms with Crippen LogP contribution < -0.4 is 15.5 Å². The molecule has 36 heavy (non-hydrogen) atoms. The van der Waals surface area contributed by atoms with Gasteiger partial charge in [0.15, 0.2) is 0 Å². The molecule has 6 nitrogen and oxygen atoms in total. The van der Waals surface area contributed by atoms with E-state index < -0.39 is 17.9 Å². The number of halogens is 4. The molecule has 0 aliphatic heterocycles. The van der Waals surface area contributed by atoms with E-state index in [1.807, 2.05) is 44.2 Å². The number of hydrogen-bond acceptors (Lipinski definition) is 4. The first kappa shape index (κ1) is 28.0. The molecule has 3 rings (SSSR count). The lowest BCUT2D eigenvalue weighted by molar-refractivity contribution is -0.123. The summed E-state index contributed by atoms with van der Waals surface area (Å²) in [6.07, 6.45) is 1.47. The third-order valence-corrected chi connectivity index (χ3v) is 6.71. The van der Waals surface area contributed by atoms with Gasteiger partial charge in [0, 0.05) is 26.2 Å². The lowest BCUT2D eigenvalue weighted by Gasteiger charge is -2.20. The molecule has 1 atom stereocenters. The van der Waals surface area contributed by atoms with Crippen LogP contribution in [0.3, 0.4) is 0 Å². The third-order valence-electron chi connectivity index (χ3n) is 5.11. The van der Waals surface area contributed by atoms with Crippen molar-refractivity contribution in [3.05, 3.63) is 96.9 Å². The van der Waals surface area contributed by atoms with E-state index >= 15 is 0 Å². The number of nitrogens with one attached hydrogen (secondary N) is 2. The molecule has 1 unspecified atom stereocenters. The minimum absolute atomic E-state index is 0.202. The zero-order chi connectivity index (χ0) is 26.2. The Morgan fingerprint density at radius 3 is 2.44 bits per heavy atom. The molecule has 0 saturated carbocycles. The Morgan fingerprint density at radius 1 is 1.00 bits per heavy atom. The summed E-state index contributed by atoms with van der Waals surface area (Å²) < 4.78 is 6.75. The summed E-state index contributed by atoms with van der Waals surface area (Å²) in [5, 5.41) is 8.00. The third kappa shape index (κ3) is 7.71. The molecular weight excluding hydrogens is 589 g/mol. The number of carbonyl (C=O) groups excluding carboxylic acids is 2. The first-order valence-corrected chi connectivity index (χ1v) is 12.8. The number of ether oxygens (including phenoxy) is 1. The maximum atomic E-state index is 12.8. The van der Waals surface area contributed by atoms with Gasteiger partial charge in [-0.25, -0.2) is 5.43 Å². The summed E-state index contributed by atoms with van der Waals surface area (Å²) in [6, 6.07) is 16.5. The Labute approximate surface area is 233 Å². The zero-order valence-corrected chi connectivity index (χ0v) is 23.3. The number of amides is 2. The first-order chi connectivity index (χ1) is 17.2. The van der Waals surface area contributed by atoms with Crippen LogP contribution in [0.5, 0.6) is 5.75 Å². The van der Waals surface area contributed by atoms with Crippen LogP contribution in [0.4, 0.5) is 0 Å². The number of hydrazone groups is 1. The van der Waals surface area contributed by atoms with E-state index in [2.05, 4.69) is 31.8 Å². The van der Waals surface area contributed by atoms with Crippen LogP contribution in [0.15, 0.2) is 70.2 Å². The molecule has 0 radical (unpaired) electrons. The Hall–Kier alpha value is -2.58. The molecule has 188 valence electrons.